The molecule has 1 aliphatic rings. The zero-order valence-electron chi connectivity index (χ0n) is 12.8. The molecular formula is C17H32O. The molecule has 106 valence electrons. The molecule has 0 spiro atoms. The van der Waals surface area contributed by atoms with Gasteiger partial charge in [0.1, 0.15) is 0 Å². The minimum absolute atomic E-state index is 0.271. The van der Waals surface area contributed by atoms with E-state index < -0.39 is 5.60 Å². The van der Waals surface area contributed by atoms with E-state index in [2.05, 4.69) is 34.3 Å². The first-order chi connectivity index (χ1) is 8.45. The molecule has 0 aliphatic heterocycles. The first kappa shape index (κ1) is 15.8. The highest BCUT2D eigenvalue weighted by atomic mass is 16.3. The summed E-state index contributed by atoms with van der Waals surface area (Å²) in [4.78, 5) is 0. The molecule has 0 amide bonds. The summed E-state index contributed by atoms with van der Waals surface area (Å²) in [5.41, 5.74) is -0.511. The van der Waals surface area contributed by atoms with Gasteiger partial charge >= 0.3 is 0 Å². The lowest BCUT2D eigenvalue weighted by molar-refractivity contribution is -0.111. The summed E-state index contributed by atoms with van der Waals surface area (Å²) in [5.74, 6) is 1.92. The normalized spacial score (nSPS) is 34.6. The Morgan fingerprint density at radius 1 is 1.39 bits per heavy atom. The summed E-state index contributed by atoms with van der Waals surface area (Å²) in [5, 5.41) is 11.3. The van der Waals surface area contributed by atoms with Crippen LogP contribution >= 0.6 is 0 Å². The van der Waals surface area contributed by atoms with Crippen molar-refractivity contribution < 1.29 is 5.11 Å². The van der Waals surface area contributed by atoms with Crippen molar-refractivity contribution in [1.29, 1.82) is 0 Å². The van der Waals surface area contributed by atoms with Gasteiger partial charge in [-0.2, -0.15) is 0 Å². The highest BCUT2D eigenvalue weighted by Crippen LogP contribution is 2.46. The molecule has 0 radical (unpaired) electrons. The van der Waals surface area contributed by atoms with E-state index in [9.17, 15) is 5.11 Å². The van der Waals surface area contributed by atoms with E-state index in [4.69, 9.17) is 0 Å². The first-order valence-electron chi connectivity index (χ1n) is 7.80. The molecule has 1 fully saturated rings. The van der Waals surface area contributed by atoms with Gasteiger partial charge in [-0.15, -0.1) is 6.58 Å². The van der Waals surface area contributed by atoms with Crippen LogP contribution in [0.15, 0.2) is 12.7 Å². The van der Waals surface area contributed by atoms with E-state index in [1.807, 2.05) is 6.08 Å². The molecule has 0 aromatic carbocycles. The predicted molar refractivity (Wildman–Crippen MR) is 79.5 cm³/mol. The molecule has 18 heavy (non-hydrogen) atoms. The van der Waals surface area contributed by atoms with Gasteiger partial charge in [0.2, 0.25) is 0 Å². The number of aliphatic hydroxyl groups is 1. The maximum absolute atomic E-state index is 11.3. The standard InChI is InChI=1S/C17H32O/c1-6-8-9-15(7-2)17(18)12-14(5)10-11-16(17)13(3)4/h7,13-16,18H,2,6,8-12H2,1,3-5H3/t14-,15+,16-,17+/m1/s1. The van der Waals surface area contributed by atoms with E-state index in [-0.39, 0.29) is 5.92 Å². The van der Waals surface area contributed by atoms with Crippen LogP contribution in [0.4, 0.5) is 0 Å². The highest BCUT2D eigenvalue weighted by molar-refractivity contribution is 5.03. The summed E-state index contributed by atoms with van der Waals surface area (Å²) in [6.45, 7) is 13.0. The van der Waals surface area contributed by atoms with Crippen LogP contribution in [-0.4, -0.2) is 10.7 Å². The largest absolute Gasteiger partial charge is 0.389 e. The third-order valence-corrected chi connectivity index (χ3v) is 4.89. The fourth-order valence-corrected chi connectivity index (χ4v) is 3.86. The van der Waals surface area contributed by atoms with Crippen LogP contribution in [0.3, 0.4) is 0 Å². The molecule has 1 N–H and O–H groups in total. The highest BCUT2D eigenvalue weighted by Gasteiger charge is 2.46. The van der Waals surface area contributed by atoms with Crippen molar-refractivity contribution in [1.82, 2.24) is 0 Å². The van der Waals surface area contributed by atoms with Gasteiger partial charge in [0.05, 0.1) is 5.60 Å². The Kier molecular flexibility index (Phi) is 5.91. The maximum atomic E-state index is 11.3. The predicted octanol–water partition coefficient (Wildman–Crippen LogP) is 4.80. The van der Waals surface area contributed by atoms with Crippen molar-refractivity contribution in [3.8, 4) is 0 Å². The molecule has 0 bridgehead atoms. The fraction of sp³-hybridized carbons (Fsp3) is 0.882. The van der Waals surface area contributed by atoms with Crippen LogP contribution in [0.1, 0.15) is 66.2 Å². The van der Waals surface area contributed by atoms with Gasteiger partial charge in [0.25, 0.3) is 0 Å². The van der Waals surface area contributed by atoms with Gasteiger partial charge < -0.3 is 5.11 Å². The Balaban J connectivity index is 2.89. The van der Waals surface area contributed by atoms with Crippen LogP contribution in [-0.2, 0) is 0 Å². The molecule has 1 heteroatoms. The van der Waals surface area contributed by atoms with Crippen LogP contribution in [0.25, 0.3) is 0 Å². The molecule has 1 aliphatic carbocycles. The Hall–Kier alpha value is -0.300. The lowest BCUT2D eigenvalue weighted by atomic mass is 9.61. The van der Waals surface area contributed by atoms with Gasteiger partial charge in [-0.3, -0.25) is 0 Å². The van der Waals surface area contributed by atoms with E-state index in [0.717, 1.165) is 12.8 Å². The molecule has 4 atom stereocenters. The zero-order valence-corrected chi connectivity index (χ0v) is 12.8. The van der Waals surface area contributed by atoms with E-state index in [0.29, 0.717) is 17.8 Å². The van der Waals surface area contributed by atoms with E-state index in [1.54, 1.807) is 0 Å². The molecule has 0 aromatic rings. The van der Waals surface area contributed by atoms with E-state index in [1.165, 1.54) is 25.7 Å². The monoisotopic (exact) mass is 252 g/mol. The molecule has 0 heterocycles. The van der Waals surface area contributed by atoms with Crippen molar-refractivity contribution in [2.45, 2.75) is 71.8 Å². The van der Waals surface area contributed by atoms with E-state index >= 15 is 0 Å². The Morgan fingerprint density at radius 3 is 2.56 bits per heavy atom. The average Bonchev–Trinajstić information content (AvgIpc) is 2.29. The molecule has 0 saturated heterocycles. The molecule has 1 saturated carbocycles. The Bertz CT molecular complexity index is 258. The van der Waals surface area contributed by atoms with Gasteiger partial charge in [0, 0.05) is 5.92 Å². The van der Waals surface area contributed by atoms with Gasteiger partial charge in [-0.25, -0.2) is 0 Å². The van der Waals surface area contributed by atoms with Crippen molar-refractivity contribution in [2.75, 3.05) is 0 Å². The summed E-state index contributed by atoms with van der Waals surface area (Å²) in [6.07, 6.45) is 8.89. The third-order valence-electron chi connectivity index (χ3n) is 4.89. The zero-order chi connectivity index (χ0) is 13.8. The minimum atomic E-state index is -0.511. The second-order valence-electron chi connectivity index (χ2n) is 6.71. The van der Waals surface area contributed by atoms with Crippen molar-refractivity contribution in [3.63, 3.8) is 0 Å². The Morgan fingerprint density at radius 2 is 2.06 bits per heavy atom. The number of rotatable bonds is 6. The smallest absolute Gasteiger partial charge is 0.0742 e. The van der Waals surface area contributed by atoms with Crippen LogP contribution in [0.2, 0.25) is 0 Å². The third kappa shape index (κ3) is 3.38. The van der Waals surface area contributed by atoms with Crippen LogP contribution in [0, 0.1) is 23.7 Å². The minimum Gasteiger partial charge on any atom is -0.389 e. The topological polar surface area (TPSA) is 20.2 Å². The summed E-state index contributed by atoms with van der Waals surface area (Å²) >= 11 is 0. The lowest BCUT2D eigenvalue weighted by Gasteiger charge is -2.48. The van der Waals surface area contributed by atoms with Gasteiger partial charge in [-0.05, 0) is 37.0 Å². The summed E-state index contributed by atoms with van der Waals surface area (Å²) < 4.78 is 0. The maximum Gasteiger partial charge on any atom is 0.0742 e. The second kappa shape index (κ2) is 6.75. The van der Waals surface area contributed by atoms with Crippen LogP contribution in [0.5, 0.6) is 0 Å². The molecule has 0 unspecified atom stereocenters. The number of hydrogen-bond donors (Lipinski definition) is 1. The fourth-order valence-electron chi connectivity index (χ4n) is 3.86. The average molecular weight is 252 g/mol. The lowest BCUT2D eigenvalue weighted by Crippen LogP contribution is -2.50. The van der Waals surface area contributed by atoms with Gasteiger partial charge in [0.15, 0.2) is 0 Å². The quantitative estimate of drug-likeness (QED) is 0.673. The molecular weight excluding hydrogens is 220 g/mol. The number of hydrogen-bond acceptors (Lipinski definition) is 1. The van der Waals surface area contributed by atoms with Gasteiger partial charge in [-0.1, -0.05) is 53.0 Å². The molecule has 0 aromatic heterocycles. The van der Waals surface area contributed by atoms with Crippen LogP contribution < -0.4 is 0 Å². The first-order valence-corrected chi connectivity index (χ1v) is 7.80. The second-order valence-corrected chi connectivity index (χ2v) is 6.71. The SMILES string of the molecule is C=C[C@@H](CCCC)[C@@]1(O)C[C@H](C)CC[C@@H]1C(C)C. The molecule has 1 rings (SSSR count). The summed E-state index contributed by atoms with van der Waals surface area (Å²) in [7, 11) is 0. The molecule has 1 nitrogen and oxygen atoms in total. The van der Waals surface area contributed by atoms with Crippen molar-refractivity contribution in [3.05, 3.63) is 12.7 Å². The Labute approximate surface area is 114 Å². The summed E-state index contributed by atoms with van der Waals surface area (Å²) in [6, 6.07) is 0. The number of unbranched alkanes of at least 4 members (excludes halogenated alkanes) is 1. The van der Waals surface area contributed by atoms with Crippen molar-refractivity contribution >= 4 is 0 Å². The van der Waals surface area contributed by atoms with Crippen molar-refractivity contribution in [2.24, 2.45) is 23.7 Å².